The van der Waals surface area contributed by atoms with E-state index in [1.54, 1.807) is 0 Å². The van der Waals surface area contributed by atoms with Crippen LogP contribution >= 0.6 is 0 Å². The predicted octanol–water partition coefficient (Wildman–Crippen LogP) is 1.06. The molecule has 0 radical (unpaired) electrons. The predicted molar refractivity (Wildman–Crippen MR) is 99.8 cm³/mol. The summed E-state index contributed by atoms with van der Waals surface area (Å²) >= 11 is 0. The topological polar surface area (TPSA) is 73.0 Å². The first-order valence-corrected chi connectivity index (χ1v) is 9.29. The molecule has 2 aliphatic heterocycles. The molecule has 2 saturated heterocycles. The molecule has 25 heavy (non-hydrogen) atoms. The molecule has 1 aromatic rings. The number of carboxylic acids is 1. The lowest BCUT2D eigenvalue weighted by Gasteiger charge is -2.46. The lowest BCUT2D eigenvalue weighted by molar-refractivity contribution is -0.139. The molecule has 0 amide bonds. The van der Waals surface area contributed by atoms with Crippen LogP contribution in [0.15, 0.2) is 24.3 Å². The van der Waals surface area contributed by atoms with E-state index in [0.717, 1.165) is 45.7 Å². The minimum atomic E-state index is -0.722. The Balaban J connectivity index is 1.51. The zero-order valence-electron chi connectivity index (χ0n) is 15.1. The van der Waals surface area contributed by atoms with Crippen LogP contribution in [0.5, 0.6) is 0 Å². The molecule has 0 bridgehead atoms. The molecule has 2 atom stereocenters. The Morgan fingerprint density at radius 3 is 2.40 bits per heavy atom. The number of piperidine rings is 1. The van der Waals surface area contributed by atoms with Crippen LogP contribution in [0.25, 0.3) is 0 Å². The van der Waals surface area contributed by atoms with Crippen LogP contribution in [0.4, 0.5) is 5.69 Å². The number of carbonyl (C=O) groups is 1. The number of nitrogens with zero attached hydrogens (tertiary/aromatic N) is 3. The van der Waals surface area contributed by atoms with Gasteiger partial charge in [0.15, 0.2) is 0 Å². The number of carboxylic acid groups (broad SMARTS) is 1. The molecule has 1 aromatic carbocycles. The van der Waals surface area contributed by atoms with E-state index in [9.17, 15) is 4.79 Å². The molecular formula is C19H30N4O2. The lowest BCUT2D eigenvalue weighted by Crippen LogP contribution is -2.56. The van der Waals surface area contributed by atoms with Crippen molar-refractivity contribution in [1.29, 1.82) is 0 Å². The number of likely N-dealkylation sites (tertiary alicyclic amines) is 1. The van der Waals surface area contributed by atoms with Crippen molar-refractivity contribution >= 4 is 11.7 Å². The van der Waals surface area contributed by atoms with E-state index in [1.165, 1.54) is 11.3 Å². The normalized spacial score (nSPS) is 25.9. The second-order valence-corrected chi connectivity index (χ2v) is 7.36. The smallest absolute Gasteiger partial charge is 0.317 e. The van der Waals surface area contributed by atoms with Crippen LogP contribution in [0.1, 0.15) is 18.9 Å². The lowest BCUT2D eigenvalue weighted by atomic mass is 9.91. The van der Waals surface area contributed by atoms with Crippen molar-refractivity contribution in [2.45, 2.75) is 25.9 Å². The summed E-state index contributed by atoms with van der Waals surface area (Å²) in [5.74, 6) is -0.205. The molecule has 6 nitrogen and oxygen atoms in total. The number of nitrogens with two attached hydrogens (primary N) is 1. The molecule has 3 rings (SSSR count). The van der Waals surface area contributed by atoms with Crippen LogP contribution in [-0.2, 0) is 11.3 Å². The zero-order valence-corrected chi connectivity index (χ0v) is 15.1. The summed E-state index contributed by atoms with van der Waals surface area (Å²) in [7, 11) is 0. The Labute approximate surface area is 150 Å². The van der Waals surface area contributed by atoms with Gasteiger partial charge in [-0.1, -0.05) is 19.1 Å². The maximum absolute atomic E-state index is 10.9. The Bertz CT molecular complexity index is 569. The summed E-state index contributed by atoms with van der Waals surface area (Å²) in [5.41, 5.74) is 8.12. The fourth-order valence-electron chi connectivity index (χ4n) is 4.25. The molecule has 2 fully saturated rings. The van der Waals surface area contributed by atoms with Gasteiger partial charge in [0.1, 0.15) is 0 Å². The van der Waals surface area contributed by atoms with Gasteiger partial charge < -0.3 is 15.7 Å². The number of piperazine rings is 1. The Morgan fingerprint density at radius 2 is 1.84 bits per heavy atom. The van der Waals surface area contributed by atoms with Gasteiger partial charge in [-0.05, 0) is 30.0 Å². The van der Waals surface area contributed by atoms with Gasteiger partial charge in [-0.2, -0.15) is 0 Å². The molecule has 0 saturated carbocycles. The number of aliphatic carboxylic acids is 1. The number of benzene rings is 1. The maximum atomic E-state index is 10.9. The van der Waals surface area contributed by atoms with Crippen LogP contribution in [-0.4, -0.2) is 72.7 Å². The van der Waals surface area contributed by atoms with Gasteiger partial charge in [-0.15, -0.1) is 0 Å². The Kier molecular flexibility index (Phi) is 5.93. The van der Waals surface area contributed by atoms with E-state index in [1.807, 2.05) is 0 Å². The summed E-state index contributed by atoms with van der Waals surface area (Å²) in [6.45, 7) is 9.04. The van der Waals surface area contributed by atoms with E-state index in [-0.39, 0.29) is 6.54 Å². The van der Waals surface area contributed by atoms with Crippen LogP contribution in [0.2, 0.25) is 0 Å². The second kappa shape index (κ2) is 8.17. The molecule has 138 valence electrons. The molecule has 0 spiro atoms. The van der Waals surface area contributed by atoms with E-state index < -0.39 is 5.97 Å². The van der Waals surface area contributed by atoms with Crippen molar-refractivity contribution in [1.82, 2.24) is 9.80 Å². The van der Waals surface area contributed by atoms with Gasteiger partial charge in [-0.25, -0.2) is 0 Å². The van der Waals surface area contributed by atoms with Gasteiger partial charge in [0.05, 0.1) is 6.54 Å². The van der Waals surface area contributed by atoms with Crippen LogP contribution < -0.4 is 10.6 Å². The molecular weight excluding hydrogens is 316 g/mol. The van der Waals surface area contributed by atoms with Crippen molar-refractivity contribution in [3.63, 3.8) is 0 Å². The maximum Gasteiger partial charge on any atom is 0.317 e. The summed E-state index contributed by atoms with van der Waals surface area (Å²) in [6, 6.07) is 9.14. The van der Waals surface area contributed by atoms with E-state index in [0.29, 0.717) is 18.5 Å². The first-order valence-electron chi connectivity index (χ1n) is 9.29. The van der Waals surface area contributed by atoms with Crippen molar-refractivity contribution in [2.75, 3.05) is 50.7 Å². The molecule has 2 heterocycles. The van der Waals surface area contributed by atoms with E-state index >= 15 is 0 Å². The third-order valence-corrected chi connectivity index (χ3v) is 5.62. The minimum Gasteiger partial charge on any atom is -0.480 e. The number of anilines is 1. The monoisotopic (exact) mass is 346 g/mol. The molecule has 0 unspecified atom stereocenters. The summed E-state index contributed by atoms with van der Waals surface area (Å²) in [5, 5.41) is 8.97. The third kappa shape index (κ3) is 4.51. The highest BCUT2D eigenvalue weighted by Crippen LogP contribution is 2.25. The molecule has 2 aliphatic rings. The van der Waals surface area contributed by atoms with Crippen LogP contribution in [0, 0.1) is 5.92 Å². The SMILES string of the molecule is C[C@@H]1CN(CC(=O)O)CC[C@@H]1N1CCN(c2ccc(CN)cc2)CC1. The Morgan fingerprint density at radius 1 is 1.16 bits per heavy atom. The van der Waals surface area contributed by atoms with E-state index in [4.69, 9.17) is 10.8 Å². The standard InChI is InChI=1S/C19H30N4O2/c1-15-13-21(14-19(24)25)7-6-18(15)23-10-8-22(9-11-23)17-4-2-16(12-20)3-5-17/h2-5,15,18H,6-14,20H2,1H3,(H,24,25)/t15-,18+/m1/s1. The van der Waals surface area contributed by atoms with Gasteiger partial charge in [-0.3, -0.25) is 14.6 Å². The van der Waals surface area contributed by atoms with Gasteiger partial charge in [0, 0.05) is 57.5 Å². The highest BCUT2D eigenvalue weighted by atomic mass is 16.4. The third-order valence-electron chi connectivity index (χ3n) is 5.62. The summed E-state index contributed by atoms with van der Waals surface area (Å²) < 4.78 is 0. The van der Waals surface area contributed by atoms with Crippen molar-refractivity contribution < 1.29 is 9.90 Å². The van der Waals surface area contributed by atoms with Crippen molar-refractivity contribution in [2.24, 2.45) is 11.7 Å². The molecule has 0 aliphatic carbocycles. The van der Waals surface area contributed by atoms with Crippen molar-refractivity contribution in [3.05, 3.63) is 29.8 Å². The first kappa shape index (κ1) is 18.2. The molecule has 0 aromatic heterocycles. The number of rotatable bonds is 5. The van der Waals surface area contributed by atoms with Gasteiger partial charge in [0.25, 0.3) is 0 Å². The average molecular weight is 346 g/mol. The van der Waals surface area contributed by atoms with Crippen LogP contribution in [0.3, 0.4) is 0 Å². The minimum absolute atomic E-state index is 0.170. The van der Waals surface area contributed by atoms with E-state index in [2.05, 4.69) is 45.9 Å². The zero-order chi connectivity index (χ0) is 17.8. The summed E-state index contributed by atoms with van der Waals surface area (Å²) in [4.78, 5) is 18.0. The highest BCUT2D eigenvalue weighted by molar-refractivity contribution is 5.69. The largest absolute Gasteiger partial charge is 0.480 e. The quantitative estimate of drug-likeness (QED) is 0.831. The first-order chi connectivity index (χ1) is 12.1. The van der Waals surface area contributed by atoms with Gasteiger partial charge >= 0.3 is 5.97 Å². The molecule has 3 N–H and O–H groups in total. The number of hydrogen-bond donors (Lipinski definition) is 2. The fourth-order valence-corrected chi connectivity index (χ4v) is 4.25. The highest BCUT2D eigenvalue weighted by Gasteiger charge is 2.32. The second-order valence-electron chi connectivity index (χ2n) is 7.36. The average Bonchev–Trinajstić information content (AvgIpc) is 2.62. The van der Waals surface area contributed by atoms with Crippen molar-refractivity contribution in [3.8, 4) is 0 Å². The molecule has 6 heteroatoms. The fraction of sp³-hybridized carbons (Fsp3) is 0.632. The number of hydrogen-bond acceptors (Lipinski definition) is 5. The Hall–Kier alpha value is -1.63. The van der Waals surface area contributed by atoms with Gasteiger partial charge in [0.2, 0.25) is 0 Å². The summed E-state index contributed by atoms with van der Waals surface area (Å²) in [6.07, 6.45) is 1.07.